The van der Waals surface area contributed by atoms with Crippen molar-refractivity contribution in [3.05, 3.63) is 0 Å². The van der Waals surface area contributed by atoms with Crippen molar-refractivity contribution in [1.29, 1.82) is 0 Å². The minimum absolute atomic E-state index is 0.0412. The summed E-state index contributed by atoms with van der Waals surface area (Å²) in [4.78, 5) is 22.1. The molecule has 1 saturated heterocycles. The summed E-state index contributed by atoms with van der Waals surface area (Å²) < 4.78 is 22.6. The monoisotopic (exact) mass is 280 g/mol. The average molecular weight is 280 g/mol. The highest BCUT2D eigenvalue weighted by molar-refractivity contribution is 7.91. The van der Waals surface area contributed by atoms with Crippen molar-refractivity contribution < 1.29 is 28.2 Å². The molecule has 2 unspecified atom stereocenters. The Balaban J connectivity index is 2.47. The lowest BCUT2D eigenvalue weighted by Crippen LogP contribution is -2.50. The zero-order valence-corrected chi connectivity index (χ0v) is 10.4. The third kappa shape index (κ3) is 4.59. The lowest BCUT2D eigenvalue weighted by Gasteiger charge is -2.23. The van der Waals surface area contributed by atoms with E-state index in [0.717, 1.165) is 0 Å². The fourth-order valence-electron chi connectivity index (χ4n) is 1.66. The van der Waals surface area contributed by atoms with Gasteiger partial charge >= 0.3 is 5.97 Å². The summed E-state index contributed by atoms with van der Waals surface area (Å²) in [6.07, 6.45) is -0.136. The van der Waals surface area contributed by atoms with Gasteiger partial charge in [-0.05, 0) is 0 Å². The Morgan fingerprint density at radius 1 is 1.44 bits per heavy atom. The highest BCUT2D eigenvalue weighted by Crippen LogP contribution is 2.05. The van der Waals surface area contributed by atoms with Crippen LogP contribution < -0.4 is 10.6 Å². The van der Waals surface area contributed by atoms with Crippen LogP contribution in [0.25, 0.3) is 0 Å². The number of carboxylic acid groups (broad SMARTS) is 1. The standard InChI is InChI=1S/C9H16N2O6S/c12-4-7(9(14)15)11-8(13)3-6-5-18(16,17)2-1-10-6/h6-7,10,12H,1-5H2,(H,11,13)(H,14,15). The number of carboxylic acids is 1. The first kappa shape index (κ1) is 14.9. The van der Waals surface area contributed by atoms with Gasteiger partial charge < -0.3 is 20.8 Å². The number of sulfone groups is 1. The van der Waals surface area contributed by atoms with Crippen LogP contribution in [0.4, 0.5) is 0 Å². The second kappa shape index (κ2) is 6.12. The molecule has 1 aliphatic heterocycles. The SMILES string of the molecule is O=C(CC1CS(=O)(=O)CCN1)NC(CO)C(=O)O. The lowest BCUT2D eigenvalue weighted by atomic mass is 10.2. The zero-order valence-electron chi connectivity index (χ0n) is 9.63. The van der Waals surface area contributed by atoms with Crippen molar-refractivity contribution in [1.82, 2.24) is 10.6 Å². The molecular weight excluding hydrogens is 264 g/mol. The normalized spacial score (nSPS) is 24.2. The molecule has 1 aliphatic rings. The summed E-state index contributed by atoms with van der Waals surface area (Å²) in [5.74, 6) is -2.04. The third-order valence-electron chi connectivity index (χ3n) is 2.55. The van der Waals surface area contributed by atoms with Gasteiger partial charge in [-0.25, -0.2) is 13.2 Å². The Morgan fingerprint density at radius 2 is 2.11 bits per heavy atom. The van der Waals surface area contributed by atoms with E-state index < -0.39 is 40.4 Å². The van der Waals surface area contributed by atoms with Crippen LogP contribution in [0.2, 0.25) is 0 Å². The smallest absolute Gasteiger partial charge is 0.328 e. The lowest BCUT2D eigenvalue weighted by molar-refractivity contribution is -0.143. The molecule has 0 aromatic heterocycles. The van der Waals surface area contributed by atoms with Crippen LogP contribution in [0.3, 0.4) is 0 Å². The number of aliphatic hydroxyl groups is 1. The molecule has 0 saturated carbocycles. The maximum atomic E-state index is 11.5. The maximum Gasteiger partial charge on any atom is 0.328 e. The molecular formula is C9H16N2O6S. The summed E-state index contributed by atoms with van der Waals surface area (Å²) in [6.45, 7) is -0.430. The number of hydrogen-bond acceptors (Lipinski definition) is 6. The van der Waals surface area contributed by atoms with E-state index in [0.29, 0.717) is 0 Å². The summed E-state index contributed by atoms with van der Waals surface area (Å²) in [5, 5.41) is 22.3. The number of aliphatic hydroxyl groups excluding tert-OH is 1. The molecule has 1 heterocycles. The highest BCUT2D eigenvalue weighted by atomic mass is 32.2. The van der Waals surface area contributed by atoms with Crippen molar-refractivity contribution in [2.75, 3.05) is 24.7 Å². The number of carbonyl (C=O) groups excluding carboxylic acids is 1. The molecule has 0 aromatic carbocycles. The molecule has 1 amide bonds. The van der Waals surface area contributed by atoms with Crippen LogP contribution in [-0.4, -0.2) is 67.2 Å². The number of nitrogens with one attached hydrogen (secondary N) is 2. The van der Waals surface area contributed by atoms with Crippen LogP contribution >= 0.6 is 0 Å². The van der Waals surface area contributed by atoms with Gasteiger partial charge in [0.25, 0.3) is 0 Å². The number of aliphatic carboxylic acids is 1. The summed E-state index contributed by atoms with van der Waals surface area (Å²) in [6, 6.07) is -1.88. The first-order valence-corrected chi connectivity index (χ1v) is 7.23. The van der Waals surface area contributed by atoms with Gasteiger partial charge in [-0.2, -0.15) is 0 Å². The van der Waals surface area contributed by atoms with E-state index >= 15 is 0 Å². The molecule has 0 aliphatic carbocycles. The Kier molecular flexibility index (Phi) is 5.05. The molecule has 1 rings (SSSR count). The average Bonchev–Trinajstić information content (AvgIpc) is 2.23. The van der Waals surface area contributed by atoms with Crippen molar-refractivity contribution in [3.8, 4) is 0 Å². The fraction of sp³-hybridized carbons (Fsp3) is 0.778. The molecule has 1 fully saturated rings. The van der Waals surface area contributed by atoms with Crippen molar-refractivity contribution in [3.63, 3.8) is 0 Å². The molecule has 0 spiro atoms. The van der Waals surface area contributed by atoms with Crippen LogP contribution in [0.5, 0.6) is 0 Å². The maximum absolute atomic E-state index is 11.5. The summed E-state index contributed by atoms with van der Waals surface area (Å²) in [5.41, 5.74) is 0. The van der Waals surface area contributed by atoms with Gasteiger partial charge in [-0.1, -0.05) is 0 Å². The van der Waals surface area contributed by atoms with Crippen LogP contribution in [0.15, 0.2) is 0 Å². The zero-order chi connectivity index (χ0) is 13.8. The second-order valence-electron chi connectivity index (χ2n) is 4.11. The summed E-state index contributed by atoms with van der Waals surface area (Å²) >= 11 is 0. The topological polar surface area (TPSA) is 133 Å². The van der Waals surface area contributed by atoms with Gasteiger partial charge in [-0.3, -0.25) is 4.79 Å². The predicted octanol–water partition coefficient (Wildman–Crippen LogP) is -2.68. The van der Waals surface area contributed by atoms with Gasteiger partial charge in [0.05, 0.1) is 18.1 Å². The molecule has 8 nitrogen and oxygen atoms in total. The number of carbonyl (C=O) groups is 2. The largest absolute Gasteiger partial charge is 0.480 e. The number of rotatable bonds is 5. The molecule has 4 N–H and O–H groups in total. The predicted molar refractivity (Wildman–Crippen MR) is 61.7 cm³/mol. The van der Waals surface area contributed by atoms with Crippen LogP contribution in [0, 0.1) is 0 Å². The first-order valence-electron chi connectivity index (χ1n) is 5.41. The molecule has 0 aromatic rings. The molecule has 0 bridgehead atoms. The van der Waals surface area contributed by atoms with Gasteiger partial charge in [0, 0.05) is 19.0 Å². The molecule has 2 atom stereocenters. The van der Waals surface area contributed by atoms with E-state index in [1.165, 1.54) is 0 Å². The van der Waals surface area contributed by atoms with Crippen LogP contribution in [0.1, 0.15) is 6.42 Å². The van der Waals surface area contributed by atoms with Gasteiger partial charge in [-0.15, -0.1) is 0 Å². The minimum Gasteiger partial charge on any atom is -0.480 e. The van der Waals surface area contributed by atoms with E-state index in [4.69, 9.17) is 10.2 Å². The van der Waals surface area contributed by atoms with Crippen molar-refractivity contribution in [2.24, 2.45) is 0 Å². The summed E-state index contributed by atoms with van der Waals surface area (Å²) in [7, 11) is -3.14. The Hall–Kier alpha value is -1.19. The third-order valence-corrected chi connectivity index (χ3v) is 4.29. The fourth-order valence-corrected chi connectivity index (χ4v) is 3.11. The Labute approximate surface area is 104 Å². The van der Waals surface area contributed by atoms with E-state index in [9.17, 15) is 18.0 Å². The quantitative estimate of drug-likeness (QED) is 0.431. The number of amides is 1. The first-order chi connectivity index (χ1) is 8.34. The highest BCUT2D eigenvalue weighted by Gasteiger charge is 2.27. The van der Waals surface area contributed by atoms with Crippen molar-refractivity contribution in [2.45, 2.75) is 18.5 Å². The van der Waals surface area contributed by atoms with E-state index in [1.807, 2.05) is 0 Å². The molecule has 104 valence electrons. The molecule has 9 heteroatoms. The Morgan fingerprint density at radius 3 is 2.61 bits per heavy atom. The van der Waals surface area contributed by atoms with Crippen molar-refractivity contribution >= 4 is 21.7 Å². The minimum atomic E-state index is -3.14. The Bertz CT molecular complexity index is 421. The van der Waals surface area contributed by atoms with Gasteiger partial charge in [0.2, 0.25) is 5.91 Å². The van der Waals surface area contributed by atoms with E-state index in [2.05, 4.69) is 10.6 Å². The van der Waals surface area contributed by atoms with Gasteiger partial charge in [0.15, 0.2) is 9.84 Å². The van der Waals surface area contributed by atoms with Gasteiger partial charge in [0.1, 0.15) is 6.04 Å². The van der Waals surface area contributed by atoms with E-state index in [1.54, 1.807) is 0 Å². The number of hydrogen-bond donors (Lipinski definition) is 4. The molecule has 18 heavy (non-hydrogen) atoms. The molecule has 0 radical (unpaired) electrons. The second-order valence-corrected chi connectivity index (χ2v) is 6.34. The van der Waals surface area contributed by atoms with E-state index in [-0.39, 0.29) is 24.5 Å². The van der Waals surface area contributed by atoms with Crippen LogP contribution in [-0.2, 0) is 19.4 Å².